The van der Waals surface area contributed by atoms with E-state index in [4.69, 9.17) is 22.2 Å². The van der Waals surface area contributed by atoms with Gasteiger partial charge in [0.15, 0.2) is 6.19 Å². The Morgan fingerprint density at radius 3 is 3.06 bits per heavy atom. The van der Waals surface area contributed by atoms with Crippen molar-refractivity contribution in [2.24, 2.45) is 0 Å². The Kier molecular flexibility index (Phi) is 5.35. The summed E-state index contributed by atoms with van der Waals surface area (Å²) in [6.07, 6.45) is 3.56. The number of hydrogen-bond acceptors (Lipinski definition) is 5. The molecule has 0 saturated heterocycles. The Labute approximate surface area is 112 Å². The van der Waals surface area contributed by atoms with Crippen molar-refractivity contribution in [3.8, 4) is 11.9 Å². The fourth-order valence-corrected chi connectivity index (χ4v) is 1.86. The van der Waals surface area contributed by atoms with E-state index in [1.54, 1.807) is 18.3 Å². The van der Waals surface area contributed by atoms with Gasteiger partial charge in [-0.05, 0) is 18.3 Å². The quantitative estimate of drug-likeness (QED) is 0.225. The van der Waals surface area contributed by atoms with Crippen LogP contribution in [0, 0.1) is 21.6 Å². The molecular formula is C10H10N3O3S2+. The molecule has 0 aliphatic heterocycles. The second-order valence-electron chi connectivity index (χ2n) is 3.18. The molecule has 0 aliphatic carbocycles. The average molecular weight is 284 g/mol. The molecule has 94 valence electrons. The predicted octanol–water partition coefficient (Wildman–Crippen LogP) is 1.53. The number of nitrogens with zero attached hydrogens (tertiary/aromatic N) is 2. The molecule has 8 heteroatoms. The van der Waals surface area contributed by atoms with Gasteiger partial charge in [0.1, 0.15) is 12.0 Å². The van der Waals surface area contributed by atoms with Crippen LogP contribution < -0.4 is 10.1 Å². The summed E-state index contributed by atoms with van der Waals surface area (Å²) in [6.45, 7) is 0. The van der Waals surface area contributed by atoms with Gasteiger partial charge >= 0.3 is 4.32 Å². The summed E-state index contributed by atoms with van der Waals surface area (Å²) in [5, 5.41) is 21.4. The van der Waals surface area contributed by atoms with Crippen LogP contribution in [0.2, 0.25) is 0 Å². The minimum Gasteiger partial charge on any atom is -0.448 e. The van der Waals surface area contributed by atoms with Gasteiger partial charge in [-0.3, -0.25) is 10.1 Å². The number of nitro groups is 1. The Hall–Kier alpha value is -1.85. The molecule has 0 aliphatic rings. The zero-order chi connectivity index (χ0) is 13.5. The summed E-state index contributed by atoms with van der Waals surface area (Å²) in [5.74, 6) is 0.678. The van der Waals surface area contributed by atoms with E-state index in [1.165, 1.54) is 12.1 Å². The number of nitrogens with one attached hydrogen (secondary N) is 1. The summed E-state index contributed by atoms with van der Waals surface area (Å²) in [7, 11) is -0.427. The molecule has 0 bridgehead atoms. The van der Waals surface area contributed by atoms with Crippen molar-refractivity contribution >= 4 is 33.1 Å². The first-order valence-electron chi connectivity index (χ1n) is 4.73. The monoisotopic (exact) mass is 284 g/mol. The van der Waals surface area contributed by atoms with Gasteiger partial charge in [0.2, 0.25) is 0 Å². The molecule has 1 N–H and O–H groups in total. The first-order chi connectivity index (χ1) is 8.54. The zero-order valence-corrected chi connectivity index (χ0v) is 11.1. The van der Waals surface area contributed by atoms with E-state index in [1.807, 2.05) is 6.26 Å². The zero-order valence-electron chi connectivity index (χ0n) is 9.45. The molecule has 1 rings (SSSR count). The number of nitro benzene ring substituents is 1. The number of non-ortho nitro benzene ring substituents is 1. The molecule has 1 aromatic rings. The van der Waals surface area contributed by atoms with Gasteiger partial charge in [-0.25, -0.2) is 5.32 Å². The molecule has 0 aromatic heterocycles. The van der Waals surface area contributed by atoms with Crippen LogP contribution in [0.25, 0.3) is 0 Å². The van der Waals surface area contributed by atoms with E-state index < -0.39 is 15.8 Å². The van der Waals surface area contributed by atoms with Crippen molar-refractivity contribution in [2.75, 3.05) is 12.2 Å². The van der Waals surface area contributed by atoms with Crippen LogP contribution in [0.15, 0.2) is 24.3 Å². The van der Waals surface area contributed by atoms with Gasteiger partial charge in [-0.2, -0.15) is 5.26 Å². The number of ether oxygens (including phenoxy) is 1. The molecule has 1 aromatic carbocycles. The molecule has 0 amide bonds. The van der Waals surface area contributed by atoms with Gasteiger partial charge < -0.3 is 4.74 Å². The summed E-state index contributed by atoms with van der Waals surface area (Å²) in [4.78, 5) is 10.1. The normalized spacial score (nSPS) is 11.1. The lowest BCUT2D eigenvalue weighted by Gasteiger charge is -2.05. The lowest BCUT2D eigenvalue weighted by molar-refractivity contribution is -0.384. The number of thiocarbonyl (C=S) groups is 1. The Bertz CT molecular complexity index is 501. The molecule has 6 nitrogen and oxygen atoms in total. The molecule has 0 radical (unpaired) electrons. The molecule has 0 saturated carbocycles. The van der Waals surface area contributed by atoms with Crippen LogP contribution >= 0.6 is 12.2 Å². The fraction of sp³-hybridized carbons (Fsp3) is 0.200. The molecule has 0 spiro atoms. The van der Waals surface area contributed by atoms with Crippen LogP contribution in [0.3, 0.4) is 0 Å². The summed E-state index contributed by atoms with van der Waals surface area (Å²) < 4.78 is 5.80. The highest BCUT2D eigenvalue weighted by molar-refractivity contribution is 8.20. The lowest BCUT2D eigenvalue weighted by atomic mass is 10.3. The van der Waals surface area contributed by atoms with Crippen molar-refractivity contribution in [1.29, 1.82) is 5.26 Å². The molecule has 0 fully saturated rings. The maximum Gasteiger partial charge on any atom is 0.304 e. The van der Waals surface area contributed by atoms with E-state index in [2.05, 4.69) is 5.32 Å². The first kappa shape index (κ1) is 14.2. The molecule has 1 unspecified atom stereocenters. The van der Waals surface area contributed by atoms with Gasteiger partial charge in [0.25, 0.3) is 11.6 Å². The van der Waals surface area contributed by atoms with Crippen molar-refractivity contribution in [3.05, 3.63) is 34.4 Å². The Balaban J connectivity index is 2.59. The third kappa shape index (κ3) is 4.20. The van der Waals surface area contributed by atoms with E-state index in [9.17, 15) is 10.1 Å². The smallest absolute Gasteiger partial charge is 0.304 e. The van der Waals surface area contributed by atoms with Gasteiger partial charge in [0.05, 0.1) is 21.9 Å². The number of rotatable bonds is 4. The van der Waals surface area contributed by atoms with Crippen LogP contribution in [0.4, 0.5) is 5.69 Å². The fourth-order valence-electron chi connectivity index (χ4n) is 1.03. The van der Waals surface area contributed by atoms with Crippen LogP contribution in [-0.2, 0) is 10.9 Å². The van der Waals surface area contributed by atoms with Crippen molar-refractivity contribution in [3.63, 3.8) is 0 Å². The van der Waals surface area contributed by atoms with Crippen molar-refractivity contribution < 1.29 is 9.66 Å². The molecular weight excluding hydrogens is 274 g/mol. The van der Waals surface area contributed by atoms with Crippen molar-refractivity contribution in [2.45, 2.75) is 0 Å². The standard InChI is InChI=1S/C10H9N3O3S2/c1-18(10(17)12-6-11)7-16-9-4-2-3-8(5-9)13(14)15/h2-5H,7H2,1H3/p+1. The molecule has 1 atom stereocenters. The maximum atomic E-state index is 10.6. The third-order valence-corrected chi connectivity index (χ3v) is 4.07. The predicted molar refractivity (Wildman–Crippen MR) is 73.2 cm³/mol. The summed E-state index contributed by atoms with van der Waals surface area (Å²) in [6, 6.07) is 5.91. The summed E-state index contributed by atoms with van der Waals surface area (Å²) in [5.41, 5.74) is -0.0267. The number of benzene rings is 1. The van der Waals surface area contributed by atoms with Gasteiger partial charge in [0, 0.05) is 6.07 Å². The van der Waals surface area contributed by atoms with E-state index >= 15 is 0 Å². The van der Waals surface area contributed by atoms with E-state index in [0.717, 1.165) is 0 Å². The van der Waals surface area contributed by atoms with E-state index in [-0.39, 0.29) is 11.6 Å². The second kappa shape index (κ2) is 6.78. The van der Waals surface area contributed by atoms with Crippen LogP contribution in [-0.4, -0.2) is 21.4 Å². The SMILES string of the molecule is C[S+](COc1cccc([N+](=O)[O-])c1)C(=S)NC#N. The molecule has 0 heterocycles. The van der Waals surface area contributed by atoms with E-state index in [0.29, 0.717) is 10.1 Å². The summed E-state index contributed by atoms with van der Waals surface area (Å²) >= 11 is 4.95. The van der Waals surface area contributed by atoms with Crippen LogP contribution in [0.1, 0.15) is 0 Å². The highest BCUT2D eigenvalue weighted by atomic mass is 32.2. The minimum atomic E-state index is -0.486. The largest absolute Gasteiger partial charge is 0.448 e. The first-order valence-corrected chi connectivity index (χ1v) is 6.94. The number of nitriles is 1. The highest BCUT2D eigenvalue weighted by Crippen LogP contribution is 2.19. The maximum absolute atomic E-state index is 10.6. The average Bonchev–Trinajstić information content (AvgIpc) is 2.36. The van der Waals surface area contributed by atoms with Crippen molar-refractivity contribution in [1.82, 2.24) is 5.32 Å². The minimum absolute atomic E-state index is 0.0267. The molecule has 18 heavy (non-hydrogen) atoms. The second-order valence-corrected chi connectivity index (χ2v) is 5.76. The lowest BCUT2D eigenvalue weighted by Crippen LogP contribution is -2.28. The topological polar surface area (TPSA) is 88.2 Å². The van der Waals surface area contributed by atoms with Gasteiger partial charge in [-0.1, -0.05) is 6.07 Å². The highest BCUT2D eigenvalue weighted by Gasteiger charge is 2.20. The Morgan fingerprint density at radius 2 is 2.44 bits per heavy atom. The third-order valence-electron chi connectivity index (χ3n) is 1.91. The van der Waals surface area contributed by atoms with Crippen LogP contribution in [0.5, 0.6) is 5.75 Å². The van der Waals surface area contributed by atoms with Gasteiger partial charge in [-0.15, -0.1) is 0 Å². The number of hydrogen-bond donors (Lipinski definition) is 1. The Morgan fingerprint density at radius 1 is 1.72 bits per heavy atom.